The summed E-state index contributed by atoms with van der Waals surface area (Å²) >= 11 is 3.16. The first kappa shape index (κ1) is 17.1. The summed E-state index contributed by atoms with van der Waals surface area (Å²) in [5, 5.41) is 6.86. The van der Waals surface area contributed by atoms with E-state index in [1.165, 1.54) is 12.1 Å². The topological polar surface area (TPSA) is 69.0 Å². The molecule has 0 aliphatic carbocycles. The van der Waals surface area contributed by atoms with E-state index in [0.717, 1.165) is 5.56 Å². The minimum atomic E-state index is -0.532. The van der Waals surface area contributed by atoms with E-state index in [1.54, 1.807) is 41.5 Å². The van der Waals surface area contributed by atoms with Crippen LogP contribution in [0, 0.1) is 5.82 Å². The lowest BCUT2D eigenvalue weighted by Crippen LogP contribution is -2.29. The zero-order chi connectivity index (χ0) is 17.6. The van der Waals surface area contributed by atoms with Crippen LogP contribution in [0.25, 0.3) is 5.82 Å². The number of hydrogen-bond acceptors (Lipinski definition) is 4. The van der Waals surface area contributed by atoms with Gasteiger partial charge in [0, 0.05) is 35.2 Å². The van der Waals surface area contributed by atoms with Gasteiger partial charge in [0.05, 0.1) is 0 Å². The second kappa shape index (κ2) is 7.89. The standard InChI is InChI=1S/C17H14BrFN4O2/c18-13-4-5-15(14(19)9-13)25-11-16(24)21-10-12-3-1-6-20-17(12)23-8-2-7-22-23/h1-9H,10-11H2,(H,21,24). The van der Waals surface area contributed by atoms with Crippen LogP contribution in [-0.4, -0.2) is 27.3 Å². The van der Waals surface area contributed by atoms with Crippen LogP contribution >= 0.6 is 15.9 Å². The van der Waals surface area contributed by atoms with Gasteiger partial charge in [-0.2, -0.15) is 5.10 Å². The van der Waals surface area contributed by atoms with Crippen LogP contribution in [0.5, 0.6) is 5.75 Å². The summed E-state index contributed by atoms with van der Waals surface area (Å²) in [4.78, 5) is 16.2. The van der Waals surface area contributed by atoms with Crippen molar-refractivity contribution in [3.8, 4) is 11.6 Å². The molecule has 0 spiro atoms. The average molecular weight is 405 g/mol. The third-order valence-corrected chi connectivity index (χ3v) is 3.81. The number of benzene rings is 1. The molecule has 0 unspecified atom stereocenters. The Hall–Kier alpha value is -2.74. The van der Waals surface area contributed by atoms with Gasteiger partial charge in [0.2, 0.25) is 0 Å². The summed E-state index contributed by atoms with van der Waals surface area (Å²) in [7, 11) is 0. The van der Waals surface area contributed by atoms with Crippen molar-refractivity contribution in [1.82, 2.24) is 20.1 Å². The summed E-state index contributed by atoms with van der Waals surface area (Å²) < 4.78 is 21.1. The Morgan fingerprint density at radius 1 is 1.28 bits per heavy atom. The summed E-state index contributed by atoms with van der Waals surface area (Å²) in [6, 6.07) is 9.80. The molecule has 1 aromatic carbocycles. The lowest BCUT2D eigenvalue weighted by molar-refractivity contribution is -0.123. The van der Waals surface area contributed by atoms with Gasteiger partial charge in [0.1, 0.15) is 0 Å². The maximum atomic E-state index is 13.7. The molecule has 2 heterocycles. The molecule has 1 amide bonds. The molecule has 0 aliphatic rings. The number of hydrogen-bond donors (Lipinski definition) is 1. The number of rotatable bonds is 6. The largest absolute Gasteiger partial charge is 0.481 e. The van der Waals surface area contributed by atoms with Crippen LogP contribution in [0.15, 0.2) is 59.5 Å². The van der Waals surface area contributed by atoms with Crippen molar-refractivity contribution in [2.45, 2.75) is 6.54 Å². The summed E-state index contributed by atoms with van der Waals surface area (Å²) in [5.74, 6) is -0.238. The first-order valence-corrected chi connectivity index (χ1v) is 8.21. The molecule has 0 saturated heterocycles. The molecule has 128 valence electrons. The number of ether oxygens (including phenoxy) is 1. The zero-order valence-corrected chi connectivity index (χ0v) is 14.6. The highest BCUT2D eigenvalue weighted by molar-refractivity contribution is 9.10. The van der Waals surface area contributed by atoms with Crippen molar-refractivity contribution in [3.63, 3.8) is 0 Å². The number of aromatic nitrogens is 3. The van der Waals surface area contributed by atoms with E-state index >= 15 is 0 Å². The monoisotopic (exact) mass is 404 g/mol. The Morgan fingerprint density at radius 3 is 2.92 bits per heavy atom. The molecular weight excluding hydrogens is 391 g/mol. The Morgan fingerprint density at radius 2 is 2.16 bits per heavy atom. The van der Waals surface area contributed by atoms with Gasteiger partial charge in [-0.05, 0) is 30.3 Å². The van der Waals surface area contributed by atoms with Crippen LogP contribution in [0.3, 0.4) is 0 Å². The predicted molar refractivity (Wildman–Crippen MR) is 92.8 cm³/mol. The number of amides is 1. The third kappa shape index (κ3) is 4.42. The highest BCUT2D eigenvalue weighted by atomic mass is 79.9. The molecule has 3 rings (SSSR count). The molecule has 2 aromatic heterocycles. The second-order valence-electron chi connectivity index (χ2n) is 5.08. The number of nitrogens with zero attached hydrogens (tertiary/aromatic N) is 3. The van der Waals surface area contributed by atoms with E-state index in [-0.39, 0.29) is 24.8 Å². The van der Waals surface area contributed by atoms with E-state index in [0.29, 0.717) is 10.3 Å². The first-order chi connectivity index (χ1) is 12.1. The van der Waals surface area contributed by atoms with Gasteiger partial charge in [-0.3, -0.25) is 4.79 Å². The highest BCUT2D eigenvalue weighted by Crippen LogP contribution is 2.21. The van der Waals surface area contributed by atoms with Gasteiger partial charge < -0.3 is 10.1 Å². The van der Waals surface area contributed by atoms with Crippen molar-refractivity contribution in [2.24, 2.45) is 0 Å². The lowest BCUT2D eigenvalue weighted by Gasteiger charge is -2.11. The van der Waals surface area contributed by atoms with Crippen LogP contribution in [0.4, 0.5) is 4.39 Å². The SMILES string of the molecule is O=C(COc1ccc(Br)cc1F)NCc1cccnc1-n1cccn1. The summed E-state index contributed by atoms with van der Waals surface area (Å²) in [6.45, 7) is -0.0238. The quantitative estimate of drug-likeness (QED) is 0.685. The fraction of sp³-hybridized carbons (Fsp3) is 0.118. The van der Waals surface area contributed by atoms with Crippen molar-refractivity contribution >= 4 is 21.8 Å². The van der Waals surface area contributed by atoms with Crippen LogP contribution in [-0.2, 0) is 11.3 Å². The minimum absolute atomic E-state index is 0.0250. The molecule has 25 heavy (non-hydrogen) atoms. The zero-order valence-electron chi connectivity index (χ0n) is 13.0. The van der Waals surface area contributed by atoms with Gasteiger partial charge in [0.25, 0.3) is 5.91 Å². The maximum absolute atomic E-state index is 13.7. The van der Waals surface area contributed by atoms with Crippen molar-refractivity contribution in [2.75, 3.05) is 6.61 Å². The lowest BCUT2D eigenvalue weighted by atomic mass is 10.2. The van der Waals surface area contributed by atoms with Gasteiger partial charge in [-0.1, -0.05) is 22.0 Å². The summed E-state index contributed by atoms with van der Waals surface area (Å²) in [5.41, 5.74) is 0.800. The van der Waals surface area contributed by atoms with E-state index in [1.807, 2.05) is 6.07 Å². The fourth-order valence-corrected chi connectivity index (χ4v) is 2.48. The normalized spacial score (nSPS) is 10.5. The second-order valence-corrected chi connectivity index (χ2v) is 5.99. The van der Waals surface area contributed by atoms with Gasteiger partial charge in [-0.25, -0.2) is 14.1 Å². The molecule has 0 fully saturated rings. The van der Waals surface area contributed by atoms with Gasteiger partial charge in [0.15, 0.2) is 24.0 Å². The average Bonchev–Trinajstić information content (AvgIpc) is 3.14. The van der Waals surface area contributed by atoms with E-state index in [2.05, 4.69) is 31.3 Å². The van der Waals surface area contributed by atoms with Crippen molar-refractivity contribution in [3.05, 3.63) is 70.8 Å². The fourth-order valence-electron chi connectivity index (χ4n) is 2.15. The molecule has 0 bridgehead atoms. The van der Waals surface area contributed by atoms with E-state index < -0.39 is 5.82 Å². The number of halogens is 2. The van der Waals surface area contributed by atoms with Crippen molar-refractivity contribution in [1.29, 1.82) is 0 Å². The predicted octanol–water partition coefficient (Wildman–Crippen LogP) is 2.86. The number of carbonyl (C=O) groups is 1. The van der Waals surface area contributed by atoms with Gasteiger partial charge >= 0.3 is 0 Å². The van der Waals surface area contributed by atoms with Crippen molar-refractivity contribution < 1.29 is 13.9 Å². The van der Waals surface area contributed by atoms with E-state index in [9.17, 15) is 9.18 Å². The summed E-state index contributed by atoms with van der Waals surface area (Å²) in [6.07, 6.45) is 5.08. The van der Waals surface area contributed by atoms with E-state index in [4.69, 9.17) is 4.74 Å². The molecule has 8 heteroatoms. The highest BCUT2D eigenvalue weighted by Gasteiger charge is 2.10. The minimum Gasteiger partial charge on any atom is -0.481 e. The van der Waals surface area contributed by atoms with Gasteiger partial charge in [-0.15, -0.1) is 0 Å². The molecule has 6 nitrogen and oxygen atoms in total. The Bertz CT molecular complexity index is 871. The smallest absolute Gasteiger partial charge is 0.258 e. The van der Waals surface area contributed by atoms with Crippen LogP contribution in [0.1, 0.15) is 5.56 Å². The Kier molecular flexibility index (Phi) is 5.39. The molecule has 3 aromatic rings. The molecule has 0 saturated carbocycles. The maximum Gasteiger partial charge on any atom is 0.258 e. The molecular formula is C17H14BrFN4O2. The number of nitrogens with one attached hydrogen (secondary N) is 1. The Balaban J connectivity index is 1.58. The first-order valence-electron chi connectivity index (χ1n) is 7.42. The van der Waals surface area contributed by atoms with Crippen LogP contribution in [0.2, 0.25) is 0 Å². The third-order valence-electron chi connectivity index (χ3n) is 3.32. The molecule has 0 aliphatic heterocycles. The number of pyridine rings is 1. The molecule has 1 N–H and O–H groups in total. The molecule has 0 radical (unpaired) electrons. The van der Waals surface area contributed by atoms with Crippen LogP contribution < -0.4 is 10.1 Å². The molecule has 0 atom stereocenters. The number of carbonyl (C=O) groups excluding carboxylic acids is 1. The Labute approximate surface area is 151 Å².